The summed E-state index contributed by atoms with van der Waals surface area (Å²) in [6.45, 7) is 4.04. The minimum Gasteiger partial charge on any atom is -0.505 e. The number of ether oxygens (including phenoxy) is 2. The van der Waals surface area contributed by atoms with E-state index in [1.165, 1.54) is 10.7 Å². The molecule has 10 heteroatoms. The standard InChI is InChI=1S/C19H18F2N4O4/c1-3-28-19(27)13-6-22-25-8-15-18(23-17(13)25)24(10(2)9-29-15)7-11-4-12(20)5-14(21)16(11)26/h4-6,8,10,26H,3,7,9H2,1-2H3/t10-/m1/s1. The van der Waals surface area contributed by atoms with Crippen molar-refractivity contribution in [2.24, 2.45) is 0 Å². The van der Waals surface area contributed by atoms with Gasteiger partial charge in [-0.15, -0.1) is 0 Å². The average Bonchev–Trinajstić information content (AvgIpc) is 3.09. The maximum Gasteiger partial charge on any atom is 0.343 e. The fraction of sp³-hybridized carbons (Fsp3) is 0.316. The second kappa shape index (κ2) is 7.19. The molecule has 0 saturated carbocycles. The zero-order valence-corrected chi connectivity index (χ0v) is 15.7. The normalized spacial score (nSPS) is 15.9. The predicted molar refractivity (Wildman–Crippen MR) is 98.1 cm³/mol. The van der Waals surface area contributed by atoms with Gasteiger partial charge in [0.25, 0.3) is 0 Å². The molecule has 1 aliphatic rings. The summed E-state index contributed by atoms with van der Waals surface area (Å²) in [5.41, 5.74) is 0.523. The van der Waals surface area contributed by atoms with Crippen molar-refractivity contribution >= 4 is 17.4 Å². The molecular weight excluding hydrogens is 386 g/mol. The van der Waals surface area contributed by atoms with Crippen molar-refractivity contribution in [2.45, 2.75) is 26.4 Å². The van der Waals surface area contributed by atoms with Gasteiger partial charge in [0.1, 0.15) is 18.0 Å². The van der Waals surface area contributed by atoms with E-state index in [0.717, 1.165) is 6.07 Å². The van der Waals surface area contributed by atoms with E-state index in [1.54, 1.807) is 18.0 Å². The zero-order valence-electron chi connectivity index (χ0n) is 15.7. The van der Waals surface area contributed by atoms with E-state index < -0.39 is 23.4 Å². The Morgan fingerprint density at radius 2 is 2.21 bits per heavy atom. The largest absolute Gasteiger partial charge is 0.505 e. The van der Waals surface area contributed by atoms with Crippen LogP contribution in [0, 0.1) is 11.6 Å². The molecule has 0 spiro atoms. The molecule has 3 aromatic rings. The van der Waals surface area contributed by atoms with Crippen LogP contribution in [0.4, 0.5) is 14.6 Å². The number of carbonyl (C=O) groups is 1. The van der Waals surface area contributed by atoms with Gasteiger partial charge in [-0.3, -0.25) is 0 Å². The van der Waals surface area contributed by atoms with Crippen LogP contribution in [0.3, 0.4) is 0 Å². The van der Waals surface area contributed by atoms with E-state index >= 15 is 0 Å². The van der Waals surface area contributed by atoms with Gasteiger partial charge in [0.2, 0.25) is 0 Å². The van der Waals surface area contributed by atoms with Crippen molar-refractivity contribution in [1.82, 2.24) is 14.6 Å². The van der Waals surface area contributed by atoms with Gasteiger partial charge in [-0.1, -0.05) is 0 Å². The van der Waals surface area contributed by atoms with E-state index in [-0.39, 0.29) is 36.0 Å². The van der Waals surface area contributed by atoms with Crippen LogP contribution < -0.4 is 9.64 Å². The number of halogens is 2. The topological polar surface area (TPSA) is 89.2 Å². The minimum absolute atomic E-state index is 0.00983. The third-order valence-electron chi connectivity index (χ3n) is 4.67. The number of carbonyl (C=O) groups excluding carboxylic acids is 1. The van der Waals surface area contributed by atoms with Crippen molar-refractivity contribution in [3.8, 4) is 11.5 Å². The average molecular weight is 404 g/mol. The lowest BCUT2D eigenvalue weighted by molar-refractivity contribution is 0.0528. The van der Waals surface area contributed by atoms with Crippen LogP contribution in [-0.2, 0) is 11.3 Å². The molecule has 4 rings (SSSR count). The molecule has 0 fully saturated rings. The van der Waals surface area contributed by atoms with Crippen molar-refractivity contribution in [2.75, 3.05) is 18.1 Å². The Morgan fingerprint density at radius 3 is 2.97 bits per heavy atom. The highest BCUT2D eigenvalue weighted by atomic mass is 19.1. The molecule has 0 radical (unpaired) electrons. The number of aromatic hydroxyl groups is 1. The molecule has 8 nitrogen and oxygen atoms in total. The van der Waals surface area contributed by atoms with E-state index in [2.05, 4.69) is 10.1 Å². The number of phenols is 1. The van der Waals surface area contributed by atoms with Crippen LogP contribution in [0.15, 0.2) is 24.5 Å². The number of rotatable bonds is 4. The van der Waals surface area contributed by atoms with E-state index in [0.29, 0.717) is 24.2 Å². The van der Waals surface area contributed by atoms with Gasteiger partial charge in [0.15, 0.2) is 28.8 Å². The quantitative estimate of drug-likeness (QED) is 0.669. The summed E-state index contributed by atoms with van der Waals surface area (Å²) in [6.07, 6.45) is 2.93. The Bertz CT molecular complexity index is 1100. The molecule has 0 saturated heterocycles. The minimum atomic E-state index is -1.04. The number of nitrogens with zero attached hydrogens (tertiary/aromatic N) is 4. The van der Waals surface area contributed by atoms with Gasteiger partial charge in [0.05, 0.1) is 25.0 Å². The van der Waals surface area contributed by atoms with E-state index in [4.69, 9.17) is 9.47 Å². The van der Waals surface area contributed by atoms with Crippen molar-refractivity contribution < 1.29 is 28.2 Å². The molecule has 2 aromatic heterocycles. The molecule has 152 valence electrons. The Kier molecular flexibility index (Phi) is 4.69. The SMILES string of the molecule is CCOC(=O)c1cnn2cc3c(nc12)N(Cc1cc(F)cc(F)c1O)[C@H](C)CO3. The van der Waals surface area contributed by atoms with Crippen molar-refractivity contribution in [3.05, 3.63) is 47.3 Å². The molecule has 0 aliphatic carbocycles. The van der Waals surface area contributed by atoms with Crippen LogP contribution in [0.25, 0.3) is 5.65 Å². The van der Waals surface area contributed by atoms with E-state index in [1.807, 2.05) is 6.92 Å². The van der Waals surface area contributed by atoms with Crippen LogP contribution in [0.2, 0.25) is 0 Å². The molecule has 1 aromatic carbocycles. The summed E-state index contributed by atoms with van der Waals surface area (Å²) in [5.74, 6) is -2.25. The molecule has 1 atom stereocenters. The van der Waals surface area contributed by atoms with Crippen molar-refractivity contribution in [1.29, 1.82) is 0 Å². The third kappa shape index (κ3) is 3.30. The van der Waals surface area contributed by atoms with Gasteiger partial charge in [-0.2, -0.15) is 5.10 Å². The molecule has 1 N–H and O–H groups in total. The Labute approximate surface area is 164 Å². The maximum atomic E-state index is 13.8. The van der Waals surface area contributed by atoms with Gasteiger partial charge in [-0.05, 0) is 19.9 Å². The summed E-state index contributed by atoms with van der Waals surface area (Å²) in [7, 11) is 0. The van der Waals surface area contributed by atoms with Crippen LogP contribution in [0.1, 0.15) is 29.8 Å². The summed E-state index contributed by atoms with van der Waals surface area (Å²) >= 11 is 0. The third-order valence-corrected chi connectivity index (χ3v) is 4.67. The number of aromatic nitrogens is 3. The predicted octanol–water partition coefficient (Wildman–Crippen LogP) is 2.68. The highest BCUT2D eigenvalue weighted by Crippen LogP contribution is 2.35. The van der Waals surface area contributed by atoms with Gasteiger partial charge in [-0.25, -0.2) is 23.1 Å². The van der Waals surface area contributed by atoms with Gasteiger partial charge < -0.3 is 19.5 Å². The summed E-state index contributed by atoms with van der Waals surface area (Å²) in [5, 5.41) is 14.1. The first-order chi connectivity index (χ1) is 13.9. The second-order valence-corrected chi connectivity index (χ2v) is 6.66. The molecule has 0 unspecified atom stereocenters. The number of hydrogen-bond donors (Lipinski definition) is 1. The molecule has 0 amide bonds. The first-order valence-electron chi connectivity index (χ1n) is 9.00. The summed E-state index contributed by atoms with van der Waals surface area (Å²) in [4.78, 5) is 18.4. The highest BCUT2D eigenvalue weighted by molar-refractivity contribution is 5.95. The first kappa shape index (κ1) is 18.9. The van der Waals surface area contributed by atoms with Gasteiger partial charge >= 0.3 is 5.97 Å². The highest BCUT2D eigenvalue weighted by Gasteiger charge is 2.29. The number of phenolic OH excluding ortho intramolecular Hbond substituents is 1. The number of esters is 1. The zero-order chi connectivity index (χ0) is 20.7. The molecular formula is C19H18F2N4O4. The Balaban J connectivity index is 1.79. The molecule has 1 aliphatic heterocycles. The van der Waals surface area contributed by atoms with Crippen LogP contribution in [0.5, 0.6) is 11.5 Å². The maximum absolute atomic E-state index is 13.8. The summed E-state index contributed by atoms with van der Waals surface area (Å²) < 4.78 is 39.6. The lowest BCUT2D eigenvalue weighted by Crippen LogP contribution is -2.41. The van der Waals surface area contributed by atoms with Crippen molar-refractivity contribution in [3.63, 3.8) is 0 Å². The number of hydrogen-bond acceptors (Lipinski definition) is 7. The number of benzene rings is 1. The Hall–Kier alpha value is -3.43. The fourth-order valence-corrected chi connectivity index (χ4v) is 3.21. The molecule has 29 heavy (non-hydrogen) atoms. The molecule has 3 heterocycles. The second-order valence-electron chi connectivity index (χ2n) is 6.66. The summed E-state index contributed by atoms with van der Waals surface area (Å²) in [6, 6.07) is 1.48. The van der Waals surface area contributed by atoms with Crippen LogP contribution in [-0.4, -0.2) is 44.9 Å². The van der Waals surface area contributed by atoms with E-state index in [9.17, 15) is 18.7 Å². The molecule has 0 bridgehead atoms. The number of fused-ring (bicyclic) bond motifs is 2. The smallest absolute Gasteiger partial charge is 0.343 e. The van der Waals surface area contributed by atoms with Gasteiger partial charge in [0, 0.05) is 18.2 Å². The lowest BCUT2D eigenvalue weighted by atomic mass is 10.1. The first-order valence-corrected chi connectivity index (χ1v) is 9.00. The Morgan fingerprint density at radius 1 is 1.41 bits per heavy atom. The fourth-order valence-electron chi connectivity index (χ4n) is 3.21. The lowest BCUT2D eigenvalue weighted by Gasteiger charge is -2.35. The number of anilines is 1. The van der Waals surface area contributed by atoms with Crippen LogP contribution >= 0.6 is 0 Å². The monoisotopic (exact) mass is 404 g/mol.